The molecule has 2 aromatic carbocycles. The monoisotopic (exact) mass is 333 g/mol. The van der Waals surface area contributed by atoms with E-state index in [-0.39, 0.29) is 11.6 Å². The van der Waals surface area contributed by atoms with Gasteiger partial charge in [0.15, 0.2) is 0 Å². The second-order valence-electron chi connectivity index (χ2n) is 6.35. The van der Waals surface area contributed by atoms with E-state index in [4.69, 9.17) is 0 Å². The van der Waals surface area contributed by atoms with E-state index in [1.54, 1.807) is 27.2 Å². The topological polar surface area (TPSA) is 47.2 Å². The fourth-order valence-corrected chi connectivity index (χ4v) is 3.29. The Balaban J connectivity index is 1.57. The van der Waals surface area contributed by atoms with Crippen molar-refractivity contribution >= 4 is 16.9 Å². The van der Waals surface area contributed by atoms with Gasteiger partial charge in [0, 0.05) is 26.2 Å². The number of fused-ring (bicyclic) bond motifs is 1. The molecule has 0 bridgehead atoms. The molecule has 2 heterocycles. The summed E-state index contributed by atoms with van der Waals surface area (Å²) < 4.78 is 3.47. The number of benzene rings is 2. The van der Waals surface area contributed by atoms with Crippen molar-refractivity contribution in [1.29, 1.82) is 0 Å². The van der Waals surface area contributed by atoms with Crippen molar-refractivity contribution in [2.45, 2.75) is 13.1 Å². The third-order valence-corrected chi connectivity index (χ3v) is 4.69. The average molecular weight is 333 g/mol. The highest BCUT2D eigenvalue weighted by Gasteiger charge is 2.15. The Kier molecular flexibility index (Phi) is 3.76. The molecule has 0 saturated heterocycles. The molecule has 5 heteroatoms. The summed E-state index contributed by atoms with van der Waals surface area (Å²) in [6.07, 6.45) is 3.49. The second kappa shape index (κ2) is 6.09. The van der Waals surface area contributed by atoms with Gasteiger partial charge >= 0.3 is 5.69 Å². The normalized spacial score (nSPS) is 14.0. The molecule has 0 saturated carbocycles. The molecule has 0 N–H and O–H groups in total. The summed E-state index contributed by atoms with van der Waals surface area (Å²) in [4.78, 5) is 25.9. The maximum Gasteiger partial charge on any atom is 0.329 e. The second-order valence-corrected chi connectivity index (χ2v) is 6.35. The fourth-order valence-electron chi connectivity index (χ4n) is 3.29. The van der Waals surface area contributed by atoms with Gasteiger partial charge in [-0.05, 0) is 23.3 Å². The Bertz CT molecular complexity index is 1030. The summed E-state index contributed by atoms with van der Waals surface area (Å²) in [5.41, 5.74) is 4.01. The van der Waals surface area contributed by atoms with Gasteiger partial charge in [-0.3, -0.25) is 13.9 Å². The van der Waals surface area contributed by atoms with Crippen LogP contribution in [0.5, 0.6) is 0 Å². The maximum atomic E-state index is 12.5. The molecule has 25 heavy (non-hydrogen) atoms. The smallest absolute Gasteiger partial charge is 0.329 e. The third kappa shape index (κ3) is 2.78. The van der Waals surface area contributed by atoms with Gasteiger partial charge in [-0.2, -0.15) is 0 Å². The Morgan fingerprint density at radius 2 is 1.52 bits per heavy atom. The number of carbonyl (C=O) groups excluding carboxylic acids is 1. The van der Waals surface area contributed by atoms with E-state index >= 15 is 0 Å². The van der Waals surface area contributed by atoms with E-state index in [1.165, 1.54) is 0 Å². The molecule has 0 atom stereocenters. The summed E-state index contributed by atoms with van der Waals surface area (Å²) in [5, 5.41) is 0. The fraction of sp³-hybridized carbons (Fsp3) is 0.200. The molecular weight excluding hydrogens is 314 g/mol. The minimum atomic E-state index is -0.0148. The number of hydrogen-bond donors (Lipinski definition) is 0. The highest BCUT2D eigenvalue weighted by atomic mass is 16.2. The summed E-state index contributed by atoms with van der Waals surface area (Å²) in [7, 11) is 1.80. The van der Waals surface area contributed by atoms with Crippen molar-refractivity contribution in [3.63, 3.8) is 0 Å². The number of carbonyl (C=O) groups is 1. The standard InChI is InChI=1S/C20H19N3O2/c1-21-17-5-2-3-6-18(17)23(20(21)25)14-16-10-8-15(9-11-16)13-22-12-4-7-19(22)24/h2-11H,12-14H2,1H3. The van der Waals surface area contributed by atoms with Crippen LogP contribution in [0.2, 0.25) is 0 Å². The van der Waals surface area contributed by atoms with Gasteiger partial charge in [0.1, 0.15) is 0 Å². The molecule has 0 aliphatic carbocycles. The van der Waals surface area contributed by atoms with E-state index in [9.17, 15) is 9.59 Å². The molecule has 3 aromatic rings. The van der Waals surface area contributed by atoms with Crippen molar-refractivity contribution in [2.24, 2.45) is 7.05 Å². The molecule has 1 amide bonds. The molecule has 4 rings (SSSR count). The minimum Gasteiger partial charge on any atom is -0.331 e. The molecule has 126 valence electrons. The van der Waals surface area contributed by atoms with Crippen LogP contribution in [0, 0.1) is 0 Å². The molecule has 0 spiro atoms. The number of hydrogen-bond acceptors (Lipinski definition) is 2. The first kappa shape index (κ1) is 15.4. The summed E-state index contributed by atoms with van der Waals surface area (Å²) in [6.45, 7) is 1.82. The van der Waals surface area contributed by atoms with Crippen LogP contribution in [0.3, 0.4) is 0 Å². The van der Waals surface area contributed by atoms with Crippen LogP contribution in [0.15, 0.2) is 65.5 Å². The van der Waals surface area contributed by atoms with Crippen molar-refractivity contribution < 1.29 is 4.79 Å². The molecule has 0 unspecified atom stereocenters. The zero-order valence-corrected chi connectivity index (χ0v) is 14.1. The molecule has 0 radical (unpaired) electrons. The van der Waals surface area contributed by atoms with E-state index < -0.39 is 0 Å². The molecule has 1 aromatic heterocycles. The Labute approximate surface area is 145 Å². The van der Waals surface area contributed by atoms with Crippen LogP contribution in [-0.4, -0.2) is 26.5 Å². The molecule has 1 aliphatic heterocycles. The predicted molar refractivity (Wildman–Crippen MR) is 97.3 cm³/mol. The van der Waals surface area contributed by atoms with Crippen LogP contribution in [0.1, 0.15) is 11.1 Å². The summed E-state index contributed by atoms with van der Waals surface area (Å²) in [6, 6.07) is 15.9. The van der Waals surface area contributed by atoms with E-state index in [2.05, 4.69) is 0 Å². The van der Waals surface area contributed by atoms with Gasteiger partial charge in [-0.1, -0.05) is 42.5 Å². The van der Waals surface area contributed by atoms with Crippen LogP contribution < -0.4 is 5.69 Å². The maximum absolute atomic E-state index is 12.5. The van der Waals surface area contributed by atoms with Gasteiger partial charge in [-0.25, -0.2) is 4.79 Å². The quantitative estimate of drug-likeness (QED) is 0.735. The van der Waals surface area contributed by atoms with Gasteiger partial charge in [0.05, 0.1) is 17.6 Å². The van der Waals surface area contributed by atoms with E-state index in [1.807, 2.05) is 54.6 Å². The summed E-state index contributed by atoms with van der Waals surface area (Å²) in [5.74, 6) is 0.0615. The summed E-state index contributed by atoms with van der Waals surface area (Å²) >= 11 is 0. The number of aromatic nitrogens is 2. The largest absolute Gasteiger partial charge is 0.331 e. The molecule has 5 nitrogen and oxygen atoms in total. The van der Waals surface area contributed by atoms with E-state index in [0.717, 1.165) is 22.2 Å². The zero-order chi connectivity index (χ0) is 17.4. The molecular formula is C20H19N3O2. The lowest BCUT2D eigenvalue weighted by atomic mass is 10.1. The molecule has 0 fully saturated rings. The van der Waals surface area contributed by atoms with Crippen molar-refractivity contribution in [1.82, 2.24) is 14.0 Å². The number of amides is 1. The van der Waals surface area contributed by atoms with Crippen LogP contribution in [0.25, 0.3) is 11.0 Å². The number of aryl methyl sites for hydroxylation is 1. The molecule has 1 aliphatic rings. The first-order valence-electron chi connectivity index (χ1n) is 8.31. The predicted octanol–water partition coefficient (Wildman–Crippen LogP) is 2.29. The number of rotatable bonds is 4. The van der Waals surface area contributed by atoms with Gasteiger partial charge in [-0.15, -0.1) is 0 Å². The highest BCUT2D eigenvalue weighted by Crippen LogP contribution is 2.15. The van der Waals surface area contributed by atoms with Crippen LogP contribution in [-0.2, 0) is 24.9 Å². The average Bonchev–Trinajstić information content (AvgIpc) is 3.14. The lowest BCUT2D eigenvalue weighted by molar-refractivity contribution is -0.125. The van der Waals surface area contributed by atoms with Crippen molar-refractivity contribution in [2.75, 3.05) is 6.54 Å². The SMILES string of the molecule is Cn1c(=O)n(Cc2ccc(CN3CC=CC3=O)cc2)c2ccccc21. The van der Waals surface area contributed by atoms with E-state index in [0.29, 0.717) is 19.6 Å². The highest BCUT2D eigenvalue weighted by molar-refractivity contribution is 5.89. The Hall–Kier alpha value is -3.08. The Morgan fingerprint density at radius 3 is 2.16 bits per heavy atom. The zero-order valence-electron chi connectivity index (χ0n) is 14.1. The van der Waals surface area contributed by atoms with Crippen molar-refractivity contribution in [3.8, 4) is 0 Å². The third-order valence-electron chi connectivity index (χ3n) is 4.69. The van der Waals surface area contributed by atoms with Gasteiger partial charge in [0.25, 0.3) is 0 Å². The lowest BCUT2D eigenvalue weighted by Crippen LogP contribution is -2.24. The number of para-hydroxylation sites is 2. The first-order chi connectivity index (χ1) is 12.1. The van der Waals surface area contributed by atoms with Crippen LogP contribution in [0.4, 0.5) is 0 Å². The van der Waals surface area contributed by atoms with Crippen LogP contribution >= 0.6 is 0 Å². The first-order valence-corrected chi connectivity index (χ1v) is 8.31. The number of nitrogens with zero attached hydrogens (tertiary/aromatic N) is 3. The number of imidazole rings is 1. The van der Waals surface area contributed by atoms with Crippen molar-refractivity contribution in [3.05, 3.63) is 82.3 Å². The Morgan fingerprint density at radius 1 is 0.880 bits per heavy atom. The lowest BCUT2D eigenvalue weighted by Gasteiger charge is -2.15. The van der Waals surface area contributed by atoms with Gasteiger partial charge in [0.2, 0.25) is 5.91 Å². The minimum absolute atomic E-state index is 0.0148. The van der Waals surface area contributed by atoms with Gasteiger partial charge < -0.3 is 4.90 Å².